The molecule has 0 amide bonds. The number of Topliss-reactive ketones (excluding diaryl/α,β-unsaturated/α-hetero) is 2. The Morgan fingerprint density at radius 1 is 1.16 bits per heavy atom. The summed E-state index contributed by atoms with van der Waals surface area (Å²) in [5.74, 6) is 0.468. The van der Waals surface area contributed by atoms with Gasteiger partial charge in [0.1, 0.15) is 0 Å². The van der Waals surface area contributed by atoms with E-state index in [1.165, 1.54) is 0 Å². The number of aromatic amines is 1. The summed E-state index contributed by atoms with van der Waals surface area (Å²) in [4.78, 5) is 30.1. The molecular formula is C19H28N2O4. The monoisotopic (exact) mass is 348 g/mol. The van der Waals surface area contributed by atoms with E-state index in [-0.39, 0.29) is 23.9 Å². The topological polar surface area (TPSA) is 71.6 Å². The summed E-state index contributed by atoms with van der Waals surface area (Å²) < 4.78 is 11.2. The number of aryl methyl sites for hydroxylation is 1. The van der Waals surface area contributed by atoms with Crippen LogP contribution in [0.25, 0.3) is 0 Å². The maximum atomic E-state index is 13.0. The lowest BCUT2D eigenvalue weighted by Gasteiger charge is -2.36. The fourth-order valence-electron chi connectivity index (χ4n) is 4.13. The molecule has 0 bridgehead atoms. The highest BCUT2D eigenvalue weighted by Crippen LogP contribution is 2.28. The minimum atomic E-state index is -0.206. The van der Waals surface area contributed by atoms with Crippen LogP contribution in [-0.2, 0) is 9.47 Å². The quantitative estimate of drug-likeness (QED) is 0.828. The lowest BCUT2D eigenvalue weighted by molar-refractivity contribution is -0.0983. The van der Waals surface area contributed by atoms with Gasteiger partial charge in [0.25, 0.3) is 0 Å². The number of rotatable bonds is 5. The van der Waals surface area contributed by atoms with Gasteiger partial charge in [-0.25, -0.2) is 0 Å². The maximum absolute atomic E-state index is 13.0. The number of likely N-dealkylation sites (tertiary alicyclic amines) is 1. The third-order valence-corrected chi connectivity index (χ3v) is 5.57. The molecule has 25 heavy (non-hydrogen) atoms. The van der Waals surface area contributed by atoms with Crippen molar-refractivity contribution in [3.8, 4) is 0 Å². The largest absolute Gasteiger partial charge is 0.355 e. The molecule has 1 unspecified atom stereocenters. The van der Waals surface area contributed by atoms with Crippen LogP contribution in [0.3, 0.4) is 0 Å². The first-order chi connectivity index (χ1) is 11.9. The molecule has 0 aliphatic carbocycles. The van der Waals surface area contributed by atoms with Crippen LogP contribution in [0.2, 0.25) is 0 Å². The van der Waals surface area contributed by atoms with Gasteiger partial charge in [0.15, 0.2) is 17.9 Å². The van der Waals surface area contributed by atoms with Gasteiger partial charge in [-0.2, -0.15) is 0 Å². The third-order valence-electron chi connectivity index (χ3n) is 5.57. The highest BCUT2D eigenvalue weighted by molar-refractivity contribution is 6.05. The molecule has 1 N–H and O–H groups in total. The number of nitrogens with one attached hydrogen (secondary N) is 1. The first kappa shape index (κ1) is 18.3. The Hall–Kier alpha value is -1.50. The Labute approximate surface area is 148 Å². The maximum Gasteiger partial charge on any atom is 0.196 e. The molecule has 1 aromatic rings. The summed E-state index contributed by atoms with van der Waals surface area (Å²) in [5.41, 5.74) is 2.75. The number of ketones is 2. The molecular weight excluding hydrogens is 320 g/mol. The van der Waals surface area contributed by atoms with Crippen molar-refractivity contribution in [2.45, 2.75) is 52.9 Å². The molecule has 3 heterocycles. The van der Waals surface area contributed by atoms with Gasteiger partial charge in [-0.15, -0.1) is 0 Å². The average Bonchev–Trinajstić information content (AvgIpc) is 3.22. The van der Waals surface area contributed by atoms with Crippen molar-refractivity contribution in [2.75, 3.05) is 26.3 Å². The van der Waals surface area contributed by atoms with E-state index in [4.69, 9.17) is 9.47 Å². The second-order valence-corrected chi connectivity index (χ2v) is 7.20. The van der Waals surface area contributed by atoms with Gasteiger partial charge in [0, 0.05) is 17.2 Å². The third kappa shape index (κ3) is 3.57. The SMILES string of the molecule is CC(=O)c1c(C)[nH]c(C(=O)C(C)N2CCC(C3OCCO3)CC2)c1C. The number of carbonyl (C=O) groups is 2. The summed E-state index contributed by atoms with van der Waals surface area (Å²) in [5, 5.41) is 0. The fourth-order valence-corrected chi connectivity index (χ4v) is 4.13. The van der Waals surface area contributed by atoms with Crippen LogP contribution in [0.15, 0.2) is 0 Å². The Bertz CT molecular complexity index is 653. The molecule has 1 aromatic heterocycles. The number of carbonyl (C=O) groups excluding carboxylic acids is 2. The summed E-state index contributed by atoms with van der Waals surface area (Å²) in [6.45, 7) is 10.3. The Balaban J connectivity index is 1.65. The van der Waals surface area contributed by atoms with Crippen LogP contribution in [-0.4, -0.2) is 60.1 Å². The van der Waals surface area contributed by atoms with Gasteiger partial charge in [-0.3, -0.25) is 14.5 Å². The van der Waals surface area contributed by atoms with E-state index in [2.05, 4.69) is 9.88 Å². The van der Waals surface area contributed by atoms with Crippen LogP contribution in [0.4, 0.5) is 0 Å². The second kappa shape index (κ2) is 7.40. The summed E-state index contributed by atoms with van der Waals surface area (Å²) in [7, 11) is 0. The van der Waals surface area contributed by atoms with Gasteiger partial charge in [0.2, 0.25) is 0 Å². The highest BCUT2D eigenvalue weighted by Gasteiger charge is 2.34. The van der Waals surface area contributed by atoms with Crippen molar-refractivity contribution in [1.29, 1.82) is 0 Å². The number of H-pyrrole nitrogens is 1. The van der Waals surface area contributed by atoms with Gasteiger partial charge >= 0.3 is 0 Å². The zero-order chi connectivity index (χ0) is 18.1. The van der Waals surface area contributed by atoms with Crippen molar-refractivity contribution < 1.29 is 19.1 Å². The van der Waals surface area contributed by atoms with Crippen molar-refractivity contribution >= 4 is 11.6 Å². The van der Waals surface area contributed by atoms with Crippen LogP contribution in [0.5, 0.6) is 0 Å². The average molecular weight is 348 g/mol. The summed E-state index contributed by atoms with van der Waals surface area (Å²) in [6, 6.07) is -0.206. The minimum Gasteiger partial charge on any atom is -0.355 e. The van der Waals surface area contributed by atoms with Crippen LogP contribution >= 0.6 is 0 Å². The molecule has 2 fully saturated rings. The molecule has 6 nitrogen and oxygen atoms in total. The lowest BCUT2D eigenvalue weighted by Crippen LogP contribution is -2.46. The summed E-state index contributed by atoms with van der Waals surface area (Å²) in [6.07, 6.45) is 1.88. The standard InChI is InChI=1S/C19H28N2O4/c1-11-16(14(4)22)12(2)20-17(11)18(23)13(3)21-7-5-15(6-8-21)19-24-9-10-25-19/h13,15,19-20H,5-10H2,1-4H3. The predicted molar refractivity (Wildman–Crippen MR) is 94.1 cm³/mol. The van der Waals surface area contributed by atoms with Crippen LogP contribution in [0.1, 0.15) is 58.8 Å². The van der Waals surface area contributed by atoms with Crippen LogP contribution < -0.4 is 0 Å². The zero-order valence-corrected chi connectivity index (χ0v) is 15.6. The second-order valence-electron chi connectivity index (χ2n) is 7.20. The Kier molecular flexibility index (Phi) is 5.41. The predicted octanol–water partition coefficient (Wildman–Crippen LogP) is 2.49. The first-order valence-corrected chi connectivity index (χ1v) is 9.11. The van der Waals surface area contributed by atoms with E-state index >= 15 is 0 Å². The van der Waals surface area contributed by atoms with Gasteiger partial charge < -0.3 is 14.5 Å². The number of hydrogen-bond acceptors (Lipinski definition) is 5. The minimum absolute atomic E-state index is 0.00432. The molecule has 2 saturated heterocycles. The normalized spacial score (nSPS) is 21.6. The van der Waals surface area contributed by atoms with Crippen molar-refractivity contribution in [3.63, 3.8) is 0 Å². The molecule has 6 heteroatoms. The molecule has 138 valence electrons. The molecule has 0 saturated carbocycles. The van der Waals surface area contributed by atoms with E-state index in [1.54, 1.807) is 6.92 Å². The number of ether oxygens (including phenoxy) is 2. The summed E-state index contributed by atoms with van der Waals surface area (Å²) >= 11 is 0. The molecule has 3 rings (SSSR count). The van der Waals surface area contributed by atoms with E-state index in [0.29, 0.717) is 30.4 Å². The lowest BCUT2D eigenvalue weighted by atomic mass is 9.94. The van der Waals surface area contributed by atoms with E-state index in [0.717, 1.165) is 37.2 Å². The highest BCUT2D eigenvalue weighted by atomic mass is 16.7. The van der Waals surface area contributed by atoms with Crippen molar-refractivity contribution in [1.82, 2.24) is 9.88 Å². The number of piperidine rings is 1. The van der Waals surface area contributed by atoms with Gasteiger partial charge in [0.05, 0.1) is 24.9 Å². The van der Waals surface area contributed by atoms with Gasteiger partial charge in [-0.05, 0) is 59.2 Å². The Morgan fingerprint density at radius 2 is 1.76 bits per heavy atom. The van der Waals surface area contributed by atoms with E-state index < -0.39 is 0 Å². The zero-order valence-electron chi connectivity index (χ0n) is 15.6. The van der Waals surface area contributed by atoms with E-state index in [1.807, 2.05) is 20.8 Å². The molecule has 0 radical (unpaired) electrons. The molecule has 2 aliphatic rings. The number of nitrogens with zero attached hydrogens (tertiary/aromatic N) is 1. The van der Waals surface area contributed by atoms with Gasteiger partial charge in [-0.1, -0.05) is 0 Å². The van der Waals surface area contributed by atoms with Crippen molar-refractivity contribution in [2.24, 2.45) is 5.92 Å². The molecule has 0 aromatic carbocycles. The number of hydrogen-bond donors (Lipinski definition) is 1. The molecule has 1 atom stereocenters. The smallest absolute Gasteiger partial charge is 0.196 e. The first-order valence-electron chi connectivity index (χ1n) is 9.11. The molecule has 0 spiro atoms. The number of aromatic nitrogens is 1. The van der Waals surface area contributed by atoms with Crippen LogP contribution in [0, 0.1) is 19.8 Å². The Morgan fingerprint density at radius 3 is 2.28 bits per heavy atom. The fraction of sp³-hybridized carbons (Fsp3) is 0.684. The van der Waals surface area contributed by atoms with Crippen molar-refractivity contribution in [3.05, 3.63) is 22.5 Å². The molecule has 2 aliphatic heterocycles. The van der Waals surface area contributed by atoms with E-state index in [9.17, 15) is 9.59 Å².